The fourth-order valence-corrected chi connectivity index (χ4v) is 4.22. The fraction of sp³-hybridized carbons (Fsp3) is 0.148. The first-order valence-corrected chi connectivity index (χ1v) is 10.2. The molecule has 0 bridgehead atoms. The number of benzene rings is 4. The molecule has 0 radical (unpaired) electrons. The molecule has 1 aliphatic rings. The fourth-order valence-electron chi connectivity index (χ4n) is 4.22. The van der Waals surface area contributed by atoms with Crippen molar-refractivity contribution in [1.82, 2.24) is 0 Å². The van der Waals surface area contributed by atoms with E-state index in [0.29, 0.717) is 0 Å². The molecule has 150 valence electrons. The molecule has 0 amide bonds. The molecule has 30 heavy (non-hydrogen) atoms. The maximum atomic E-state index is 2.39. The van der Waals surface area contributed by atoms with Crippen LogP contribution in [0, 0.1) is 13.8 Å². The minimum Gasteiger partial charge on any atom is -1.00 e. The third-order valence-corrected chi connectivity index (χ3v) is 5.67. The Hall–Kier alpha value is -3.10. The Labute approximate surface area is 184 Å². The monoisotopic (exact) mass is 412 g/mol. The van der Waals surface area contributed by atoms with Gasteiger partial charge in [0.1, 0.15) is 24.5 Å². The Morgan fingerprint density at radius 3 is 2.23 bits per heavy atom. The topological polar surface area (TPSA) is 6.25 Å². The van der Waals surface area contributed by atoms with Gasteiger partial charge in [-0.1, -0.05) is 83.9 Å². The van der Waals surface area contributed by atoms with Crippen molar-refractivity contribution in [3.63, 3.8) is 0 Å². The zero-order chi connectivity index (χ0) is 19.8. The van der Waals surface area contributed by atoms with Gasteiger partial charge in [-0.2, -0.15) is 0 Å². The van der Waals surface area contributed by atoms with Gasteiger partial charge in [0.2, 0.25) is 6.34 Å². The van der Waals surface area contributed by atoms with Crippen molar-refractivity contribution in [3.05, 3.63) is 107 Å². The van der Waals surface area contributed by atoms with Crippen LogP contribution in [0.15, 0.2) is 84.9 Å². The van der Waals surface area contributed by atoms with Crippen LogP contribution in [-0.4, -0.2) is 10.9 Å². The standard InChI is InChI=1S/C27H25N2.ClH/c1-20-12-14-22(15-13-20)17-28-19-29(18-23-7-3-6-21(2)16-23)26-11-5-9-24-8-4-10-25(28)27(24)26;/h3-16,19H,17-18H2,1-2H3;1H/q+1;/p-1. The van der Waals surface area contributed by atoms with Crippen LogP contribution >= 0.6 is 0 Å². The highest BCUT2D eigenvalue weighted by atomic mass is 35.5. The predicted molar refractivity (Wildman–Crippen MR) is 122 cm³/mol. The minimum absolute atomic E-state index is 0. The molecule has 0 saturated carbocycles. The van der Waals surface area contributed by atoms with E-state index in [2.05, 4.69) is 115 Å². The van der Waals surface area contributed by atoms with E-state index in [1.165, 1.54) is 44.4 Å². The van der Waals surface area contributed by atoms with Gasteiger partial charge in [0.05, 0.1) is 5.39 Å². The molecule has 4 aromatic rings. The van der Waals surface area contributed by atoms with E-state index >= 15 is 0 Å². The highest BCUT2D eigenvalue weighted by Gasteiger charge is 2.26. The number of rotatable bonds is 4. The van der Waals surface area contributed by atoms with Crippen LogP contribution in [0.25, 0.3) is 10.8 Å². The maximum absolute atomic E-state index is 2.39. The summed E-state index contributed by atoms with van der Waals surface area (Å²) >= 11 is 0. The second-order valence-electron chi connectivity index (χ2n) is 8.00. The van der Waals surface area contributed by atoms with Gasteiger partial charge in [-0.05, 0) is 42.5 Å². The first-order valence-electron chi connectivity index (χ1n) is 10.2. The second-order valence-corrected chi connectivity index (χ2v) is 8.00. The van der Waals surface area contributed by atoms with Crippen molar-refractivity contribution < 1.29 is 17.0 Å². The van der Waals surface area contributed by atoms with Gasteiger partial charge in [0, 0.05) is 0 Å². The number of hydrogen-bond donors (Lipinski definition) is 0. The molecule has 0 unspecified atom stereocenters. The summed E-state index contributed by atoms with van der Waals surface area (Å²) in [5.74, 6) is 0. The van der Waals surface area contributed by atoms with E-state index in [0.717, 1.165) is 13.1 Å². The van der Waals surface area contributed by atoms with Crippen molar-refractivity contribution in [1.29, 1.82) is 0 Å². The van der Waals surface area contributed by atoms with Crippen LogP contribution in [0.4, 0.5) is 11.4 Å². The Bertz CT molecular complexity index is 1220. The van der Waals surface area contributed by atoms with Crippen LogP contribution in [-0.2, 0) is 13.1 Å². The van der Waals surface area contributed by atoms with Crippen LogP contribution in [0.3, 0.4) is 0 Å². The Morgan fingerprint density at radius 1 is 0.733 bits per heavy atom. The number of anilines is 1. The van der Waals surface area contributed by atoms with E-state index in [4.69, 9.17) is 0 Å². The Morgan fingerprint density at radius 2 is 1.47 bits per heavy atom. The summed E-state index contributed by atoms with van der Waals surface area (Å²) in [7, 11) is 0. The van der Waals surface area contributed by atoms with Gasteiger partial charge in [-0.25, -0.2) is 9.48 Å². The Kier molecular flexibility index (Phi) is 5.61. The molecular weight excluding hydrogens is 388 g/mol. The largest absolute Gasteiger partial charge is 1.00 e. The molecule has 0 fully saturated rings. The van der Waals surface area contributed by atoms with Crippen molar-refractivity contribution in [2.75, 3.05) is 4.90 Å². The average Bonchev–Trinajstić information content (AvgIpc) is 2.73. The third kappa shape index (κ3) is 3.83. The lowest BCUT2D eigenvalue weighted by molar-refractivity contribution is -0.453. The van der Waals surface area contributed by atoms with Gasteiger partial charge in [-0.3, -0.25) is 0 Å². The van der Waals surface area contributed by atoms with Crippen LogP contribution in [0.5, 0.6) is 0 Å². The van der Waals surface area contributed by atoms with Crippen LogP contribution in [0.2, 0.25) is 0 Å². The normalized spacial score (nSPS) is 12.5. The number of halogens is 1. The third-order valence-electron chi connectivity index (χ3n) is 5.67. The molecule has 0 spiro atoms. The van der Waals surface area contributed by atoms with Crippen molar-refractivity contribution in [2.24, 2.45) is 0 Å². The molecule has 0 saturated heterocycles. The van der Waals surface area contributed by atoms with Gasteiger partial charge < -0.3 is 12.4 Å². The quantitative estimate of drug-likeness (QED) is 0.466. The molecule has 0 aliphatic carbocycles. The zero-order valence-electron chi connectivity index (χ0n) is 17.3. The average molecular weight is 413 g/mol. The van der Waals surface area contributed by atoms with Gasteiger partial charge in [-0.15, -0.1) is 0 Å². The molecule has 0 N–H and O–H groups in total. The van der Waals surface area contributed by atoms with Crippen molar-refractivity contribution in [3.8, 4) is 0 Å². The SMILES string of the molecule is Cc1ccc(CN2C=[N+](Cc3cccc(C)c3)c3cccc4cccc2c34)cc1.[Cl-]. The maximum Gasteiger partial charge on any atom is 0.245 e. The molecule has 0 atom stereocenters. The van der Waals surface area contributed by atoms with Gasteiger partial charge in [0.25, 0.3) is 0 Å². The van der Waals surface area contributed by atoms with Crippen molar-refractivity contribution >= 4 is 28.5 Å². The van der Waals surface area contributed by atoms with E-state index < -0.39 is 0 Å². The molecular formula is C27H25ClN2. The molecule has 1 heterocycles. The highest BCUT2D eigenvalue weighted by Crippen LogP contribution is 2.38. The second kappa shape index (κ2) is 8.33. The first-order chi connectivity index (χ1) is 14.2. The molecule has 1 aliphatic heterocycles. The first kappa shape index (κ1) is 20.2. The smallest absolute Gasteiger partial charge is 0.245 e. The summed E-state index contributed by atoms with van der Waals surface area (Å²) in [5, 5.41) is 2.62. The zero-order valence-corrected chi connectivity index (χ0v) is 18.1. The van der Waals surface area contributed by atoms with E-state index in [1.807, 2.05) is 0 Å². The Balaban J connectivity index is 0.00000218. The molecule has 5 rings (SSSR count). The van der Waals surface area contributed by atoms with Crippen LogP contribution < -0.4 is 17.3 Å². The lowest BCUT2D eigenvalue weighted by Crippen LogP contribution is -3.00. The van der Waals surface area contributed by atoms with E-state index in [-0.39, 0.29) is 12.4 Å². The highest BCUT2D eigenvalue weighted by molar-refractivity contribution is 6.06. The minimum atomic E-state index is 0. The lowest BCUT2D eigenvalue weighted by atomic mass is 10.0. The summed E-state index contributed by atoms with van der Waals surface area (Å²) in [6.07, 6.45) is 2.28. The molecule has 3 heteroatoms. The van der Waals surface area contributed by atoms with Gasteiger partial charge in [0.15, 0.2) is 0 Å². The summed E-state index contributed by atoms with van der Waals surface area (Å²) in [4.78, 5) is 2.38. The molecule has 2 nitrogen and oxygen atoms in total. The number of nitrogens with zero attached hydrogens (tertiary/aromatic N) is 2. The number of hydrogen-bond acceptors (Lipinski definition) is 1. The summed E-state index contributed by atoms with van der Waals surface area (Å²) in [5.41, 5.74) is 7.80. The van der Waals surface area contributed by atoms with Gasteiger partial charge >= 0.3 is 0 Å². The van der Waals surface area contributed by atoms with E-state index in [9.17, 15) is 0 Å². The summed E-state index contributed by atoms with van der Waals surface area (Å²) in [6, 6.07) is 30.9. The van der Waals surface area contributed by atoms with E-state index in [1.54, 1.807) is 0 Å². The van der Waals surface area contributed by atoms with Crippen molar-refractivity contribution in [2.45, 2.75) is 26.9 Å². The summed E-state index contributed by atoms with van der Waals surface area (Å²) < 4.78 is 2.39. The number of aryl methyl sites for hydroxylation is 2. The molecule has 4 aromatic carbocycles. The summed E-state index contributed by atoms with van der Waals surface area (Å²) in [6.45, 7) is 6.01. The van der Waals surface area contributed by atoms with Crippen LogP contribution in [0.1, 0.15) is 22.3 Å². The predicted octanol–water partition coefficient (Wildman–Crippen LogP) is 3.35. The molecule has 0 aromatic heterocycles. The lowest BCUT2D eigenvalue weighted by Gasteiger charge is -2.23.